The molecule has 2 rings (SSSR count). The van der Waals surface area contributed by atoms with E-state index in [0.717, 1.165) is 16.0 Å². The Hall–Kier alpha value is -1.42. The summed E-state index contributed by atoms with van der Waals surface area (Å²) in [5.41, 5.74) is 0. The zero-order valence-electron chi connectivity index (χ0n) is 6.45. The van der Waals surface area contributed by atoms with Crippen LogP contribution in [0.15, 0.2) is 24.3 Å². The summed E-state index contributed by atoms with van der Waals surface area (Å²) in [5, 5.41) is 9.31. The summed E-state index contributed by atoms with van der Waals surface area (Å²) in [4.78, 5) is 10.8. The number of aromatic carboxylic acids is 1. The van der Waals surface area contributed by atoms with Crippen LogP contribution >= 0.6 is 11.3 Å². The van der Waals surface area contributed by atoms with Crippen LogP contribution in [-0.2, 0) is 0 Å². The summed E-state index contributed by atoms with van der Waals surface area (Å²) in [6.07, 6.45) is 0. The highest BCUT2D eigenvalue weighted by Crippen LogP contribution is 2.25. The summed E-state index contributed by atoms with van der Waals surface area (Å²) in [7, 11) is 0. The number of halogens is 1. The fraction of sp³-hybridized carbons (Fsp3) is 0. The molecule has 2 nitrogen and oxygen atoms in total. The highest BCUT2D eigenvalue weighted by Gasteiger charge is 2.08. The number of thiophene rings is 1. The maximum absolute atomic E-state index is 12.7. The van der Waals surface area contributed by atoms with Crippen molar-refractivity contribution in [3.63, 3.8) is 0 Å². The van der Waals surface area contributed by atoms with Crippen LogP contribution in [0.1, 0.15) is 9.67 Å². The average Bonchev–Trinajstić information content (AvgIpc) is 2.46. The van der Waals surface area contributed by atoms with Crippen molar-refractivity contribution in [1.29, 1.82) is 0 Å². The molecule has 1 aromatic heterocycles. The van der Waals surface area contributed by atoms with Crippen molar-refractivity contribution < 1.29 is 14.3 Å². The number of benzene rings is 1. The van der Waals surface area contributed by atoms with Crippen molar-refractivity contribution in [1.82, 2.24) is 0 Å². The number of carboxylic acids is 1. The van der Waals surface area contributed by atoms with Crippen molar-refractivity contribution in [2.45, 2.75) is 0 Å². The van der Waals surface area contributed by atoms with Crippen LogP contribution in [0, 0.1) is 5.82 Å². The zero-order chi connectivity index (χ0) is 9.42. The maximum Gasteiger partial charge on any atom is 0.345 e. The molecule has 1 aromatic carbocycles. The predicted molar refractivity (Wildman–Crippen MR) is 48.7 cm³/mol. The van der Waals surface area contributed by atoms with Gasteiger partial charge in [-0.25, -0.2) is 9.18 Å². The Labute approximate surface area is 77.2 Å². The maximum atomic E-state index is 12.7. The molecule has 66 valence electrons. The van der Waals surface area contributed by atoms with E-state index in [-0.39, 0.29) is 10.7 Å². The largest absolute Gasteiger partial charge is 0.477 e. The van der Waals surface area contributed by atoms with E-state index in [9.17, 15) is 9.18 Å². The van der Waals surface area contributed by atoms with Crippen LogP contribution < -0.4 is 0 Å². The Morgan fingerprint density at radius 1 is 1.38 bits per heavy atom. The van der Waals surface area contributed by atoms with Gasteiger partial charge in [0.05, 0.1) is 0 Å². The van der Waals surface area contributed by atoms with Crippen molar-refractivity contribution in [2.24, 2.45) is 0 Å². The van der Waals surface area contributed by atoms with Gasteiger partial charge in [0.2, 0.25) is 0 Å². The van der Waals surface area contributed by atoms with E-state index in [1.807, 2.05) is 0 Å². The molecule has 0 atom stereocenters. The number of hydrogen-bond donors (Lipinski definition) is 1. The Balaban J connectivity index is 2.68. The van der Waals surface area contributed by atoms with E-state index in [2.05, 4.69) is 0 Å². The van der Waals surface area contributed by atoms with Crippen molar-refractivity contribution in [3.05, 3.63) is 35.0 Å². The number of carbonyl (C=O) groups is 1. The number of hydrogen-bond acceptors (Lipinski definition) is 2. The van der Waals surface area contributed by atoms with Gasteiger partial charge in [-0.2, -0.15) is 0 Å². The second-order valence-electron chi connectivity index (χ2n) is 2.60. The first-order chi connectivity index (χ1) is 6.16. The number of rotatable bonds is 1. The van der Waals surface area contributed by atoms with Gasteiger partial charge < -0.3 is 5.11 Å². The normalized spacial score (nSPS) is 10.5. The Bertz CT molecular complexity index is 475. The molecule has 0 saturated carbocycles. The van der Waals surface area contributed by atoms with Crippen LogP contribution in [0.5, 0.6) is 0 Å². The Morgan fingerprint density at radius 3 is 2.85 bits per heavy atom. The Morgan fingerprint density at radius 2 is 2.15 bits per heavy atom. The van der Waals surface area contributed by atoms with Crippen LogP contribution in [0.4, 0.5) is 4.39 Å². The first-order valence-corrected chi connectivity index (χ1v) is 4.41. The topological polar surface area (TPSA) is 37.3 Å². The summed E-state index contributed by atoms with van der Waals surface area (Å²) in [6, 6.07) is 5.72. The predicted octanol–water partition coefficient (Wildman–Crippen LogP) is 2.74. The summed E-state index contributed by atoms with van der Waals surface area (Å²) < 4.78 is 13.5. The van der Waals surface area contributed by atoms with Gasteiger partial charge in [-0.15, -0.1) is 11.3 Å². The lowest BCUT2D eigenvalue weighted by Gasteiger charge is -1.86. The molecule has 0 aliphatic heterocycles. The molecular weight excluding hydrogens is 191 g/mol. The third-order valence-electron chi connectivity index (χ3n) is 1.69. The van der Waals surface area contributed by atoms with Gasteiger partial charge >= 0.3 is 5.97 Å². The monoisotopic (exact) mass is 196 g/mol. The second kappa shape index (κ2) is 2.81. The molecular formula is C9H5FO2S. The van der Waals surface area contributed by atoms with Gasteiger partial charge in [-0.1, -0.05) is 0 Å². The molecule has 1 N–H and O–H groups in total. The fourth-order valence-corrected chi connectivity index (χ4v) is 2.00. The third kappa shape index (κ3) is 1.40. The minimum atomic E-state index is -0.971. The summed E-state index contributed by atoms with van der Waals surface area (Å²) in [5.74, 6) is -1.32. The van der Waals surface area contributed by atoms with E-state index in [1.165, 1.54) is 18.2 Å². The minimum Gasteiger partial charge on any atom is -0.477 e. The Kier molecular flexibility index (Phi) is 1.77. The van der Waals surface area contributed by atoms with Gasteiger partial charge in [0.1, 0.15) is 10.7 Å². The van der Waals surface area contributed by atoms with E-state index in [0.29, 0.717) is 5.39 Å². The van der Waals surface area contributed by atoms with E-state index >= 15 is 0 Å². The van der Waals surface area contributed by atoms with Crippen LogP contribution in [0.3, 0.4) is 0 Å². The fourth-order valence-electron chi connectivity index (χ4n) is 1.12. The van der Waals surface area contributed by atoms with Crippen LogP contribution in [0.25, 0.3) is 10.1 Å². The third-order valence-corrected chi connectivity index (χ3v) is 2.79. The highest BCUT2D eigenvalue weighted by atomic mass is 32.1. The van der Waals surface area contributed by atoms with E-state index in [1.54, 1.807) is 6.07 Å². The van der Waals surface area contributed by atoms with Gasteiger partial charge in [0.25, 0.3) is 0 Å². The molecule has 0 spiro atoms. The van der Waals surface area contributed by atoms with Gasteiger partial charge in [0, 0.05) is 4.70 Å². The number of carboxylic acid groups (broad SMARTS) is 1. The SMILES string of the molecule is O=C(O)c1cc2cc(F)ccc2s1. The molecule has 0 bridgehead atoms. The lowest BCUT2D eigenvalue weighted by atomic mass is 10.2. The van der Waals surface area contributed by atoms with E-state index < -0.39 is 5.97 Å². The second-order valence-corrected chi connectivity index (χ2v) is 3.68. The molecule has 0 aliphatic rings. The zero-order valence-corrected chi connectivity index (χ0v) is 7.27. The lowest BCUT2D eigenvalue weighted by Crippen LogP contribution is -1.89. The van der Waals surface area contributed by atoms with E-state index in [4.69, 9.17) is 5.11 Å². The van der Waals surface area contributed by atoms with Crippen molar-refractivity contribution >= 4 is 27.4 Å². The molecule has 0 radical (unpaired) electrons. The quantitative estimate of drug-likeness (QED) is 0.761. The smallest absolute Gasteiger partial charge is 0.345 e. The average molecular weight is 196 g/mol. The number of fused-ring (bicyclic) bond motifs is 1. The van der Waals surface area contributed by atoms with Crippen LogP contribution in [0.2, 0.25) is 0 Å². The van der Waals surface area contributed by atoms with Crippen molar-refractivity contribution in [2.75, 3.05) is 0 Å². The summed E-state index contributed by atoms with van der Waals surface area (Å²) >= 11 is 1.15. The molecule has 13 heavy (non-hydrogen) atoms. The van der Waals surface area contributed by atoms with Gasteiger partial charge in [0.15, 0.2) is 0 Å². The first-order valence-electron chi connectivity index (χ1n) is 3.59. The first kappa shape index (κ1) is 8.19. The highest BCUT2D eigenvalue weighted by molar-refractivity contribution is 7.20. The molecule has 0 saturated heterocycles. The van der Waals surface area contributed by atoms with Crippen LogP contribution in [-0.4, -0.2) is 11.1 Å². The lowest BCUT2D eigenvalue weighted by molar-refractivity contribution is 0.0702. The minimum absolute atomic E-state index is 0.237. The molecule has 1 heterocycles. The van der Waals surface area contributed by atoms with Gasteiger partial charge in [-0.05, 0) is 29.7 Å². The molecule has 4 heteroatoms. The summed E-state index contributed by atoms with van der Waals surface area (Å²) in [6.45, 7) is 0. The molecule has 0 unspecified atom stereocenters. The molecule has 2 aromatic rings. The standard InChI is InChI=1S/C9H5FO2S/c10-6-1-2-7-5(3-6)4-8(13-7)9(11)12/h1-4H,(H,11,12). The van der Waals surface area contributed by atoms with Crippen molar-refractivity contribution in [3.8, 4) is 0 Å². The van der Waals surface area contributed by atoms with Gasteiger partial charge in [-0.3, -0.25) is 0 Å². The molecule has 0 amide bonds. The molecule has 0 fully saturated rings. The molecule has 0 aliphatic carbocycles.